The normalized spacial score (nSPS) is 22.5. The molecule has 104 valence electrons. The summed E-state index contributed by atoms with van der Waals surface area (Å²) < 4.78 is 0. The molecule has 1 aliphatic heterocycles. The van der Waals surface area contributed by atoms with Gasteiger partial charge in [-0.2, -0.15) is 0 Å². The number of benzene rings is 1. The minimum atomic E-state index is -0.713. The first-order valence-electron chi connectivity index (χ1n) is 6.85. The standard InChI is InChI=1S/C15H22N2O2/c1-15(11-18,13-7-3-2-4-8-13)17-14(19)12-6-5-9-16-10-12/h2-4,7-8,12,16,18H,5-6,9-11H2,1H3,(H,17,19). The minimum absolute atomic E-state index is 0.00309. The van der Waals surface area contributed by atoms with E-state index in [1.165, 1.54) is 0 Å². The first-order valence-corrected chi connectivity index (χ1v) is 6.85. The topological polar surface area (TPSA) is 61.4 Å². The van der Waals surface area contributed by atoms with Gasteiger partial charge in [-0.15, -0.1) is 0 Å². The Balaban J connectivity index is 2.07. The van der Waals surface area contributed by atoms with Crippen molar-refractivity contribution in [2.24, 2.45) is 5.92 Å². The van der Waals surface area contributed by atoms with E-state index in [4.69, 9.17) is 0 Å². The van der Waals surface area contributed by atoms with Crippen LogP contribution in [0.25, 0.3) is 0 Å². The molecule has 0 bridgehead atoms. The molecule has 1 fully saturated rings. The summed E-state index contributed by atoms with van der Waals surface area (Å²) in [5.74, 6) is 0.0240. The molecule has 4 nitrogen and oxygen atoms in total. The lowest BCUT2D eigenvalue weighted by Crippen LogP contribution is -2.51. The fourth-order valence-electron chi connectivity index (χ4n) is 2.46. The molecular weight excluding hydrogens is 240 g/mol. The second kappa shape index (κ2) is 6.17. The average Bonchev–Trinajstić information content (AvgIpc) is 2.49. The van der Waals surface area contributed by atoms with E-state index in [0.717, 1.165) is 31.5 Å². The minimum Gasteiger partial charge on any atom is -0.394 e. The van der Waals surface area contributed by atoms with Crippen LogP contribution in [-0.2, 0) is 10.3 Å². The summed E-state index contributed by atoms with van der Waals surface area (Å²) >= 11 is 0. The highest BCUT2D eigenvalue weighted by Crippen LogP contribution is 2.21. The zero-order valence-electron chi connectivity index (χ0n) is 11.4. The van der Waals surface area contributed by atoms with Gasteiger partial charge in [-0.1, -0.05) is 30.3 Å². The number of carbonyl (C=O) groups is 1. The molecule has 2 unspecified atom stereocenters. The number of amides is 1. The van der Waals surface area contributed by atoms with Crippen LogP contribution in [0.5, 0.6) is 0 Å². The molecule has 0 radical (unpaired) electrons. The number of aliphatic hydroxyl groups excluding tert-OH is 1. The number of rotatable bonds is 4. The van der Waals surface area contributed by atoms with Crippen molar-refractivity contribution in [1.29, 1.82) is 0 Å². The average molecular weight is 262 g/mol. The van der Waals surface area contributed by atoms with E-state index in [1.807, 2.05) is 37.3 Å². The van der Waals surface area contributed by atoms with E-state index in [-0.39, 0.29) is 18.4 Å². The highest BCUT2D eigenvalue weighted by molar-refractivity contribution is 5.80. The molecular formula is C15H22N2O2. The van der Waals surface area contributed by atoms with Crippen LogP contribution in [0.4, 0.5) is 0 Å². The molecule has 4 heteroatoms. The molecule has 1 amide bonds. The monoisotopic (exact) mass is 262 g/mol. The molecule has 1 aliphatic rings. The molecule has 0 saturated carbocycles. The van der Waals surface area contributed by atoms with Crippen molar-refractivity contribution in [1.82, 2.24) is 10.6 Å². The maximum atomic E-state index is 12.3. The number of nitrogens with one attached hydrogen (secondary N) is 2. The molecule has 1 aromatic rings. The predicted octanol–water partition coefficient (Wildman–Crippen LogP) is 1.01. The lowest BCUT2D eigenvalue weighted by atomic mass is 9.90. The maximum Gasteiger partial charge on any atom is 0.225 e. The van der Waals surface area contributed by atoms with Crippen LogP contribution in [0, 0.1) is 5.92 Å². The third-order valence-corrected chi connectivity index (χ3v) is 3.79. The summed E-state index contributed by atoms with van der Waals surface area (Å²) in [5, 5.41) is 15.9. The van der Waals surface area contributed by atoms with E-state index in [1.54, 1.807) is 0 Å². The van der Waals surface area contributed by atoms with E-state index in [0.29, 0.717) is 0 Å². The van der Waals surface area contributed by atoms with Crippen molar-refractivity contribution >= 4 is 5.91 Å². The Morgan fingerprint density at radius 2 is 2.21 bits per heavy atom. The Morgan fingerprint density at radius 1 is 1.47 bits per heavy atom. The third kappa shape index (κ3) is 3.33. The molecule has 0 spiro atoms. The maximum absolute atomic E-state index is 12.3. The van der Waals surface area contributed by atoms with E-state index < -0.39 is 5.54 Å². The van der Waals surface area contributed by atoms with Crippen molar-refractivity contribution in [3.8, 4) is 0 Å². The zero-order chi connectivity index (χ0) is 13.7. The van der Waals surface area contributed by atoms with Gasteiger partial charge in [-0.05, 0) is 31.9 Å². The lowest BCUT2D eigenvalue weighted by molar-refractivity contribution is -0.128. The van der Waals surface area contributed by atoms with Crippen LogP contribution >= 0.6 is 0 Å². The van der Waals surface area contributed by atoms with Gasteiger partial charge in [-0.3, -0.25) is 4.79 Å². The second-order valence-electron chi connectivity index (χ2n) is 5.39. The summed E-state index contributed by atoms with van der Waals surface area (Å²) in [7, 11) is 0. The Hall–Kier alpha value is -1.39. The van der Waals surface area contributed by atoms with E-state index in [9.17, 15) is 9.90 Å². The van der Waals surface area contributed by atoms with Crippen molar-refractivity contribution in [3.05, 3.63) is 35.9 Å². The first kappa shape index (κ1) is 14.0. The number of aliphatic hydroxyl groups is 1. The fraction of sp³-hybridized carbons (Fsp3) is 0.533. The van der Waals surface area contributed by atoms with Crippen molar-refractivity contribution in [3.63, 3.8) is 0 Å². The highest BCUT2D eigenvalue weighted by atomic mass is 16.3. The van der Waals surface area contributed by atoms with Gasteiger partial charge >= 0.3 is 0 Å². The van der Waals surface area contributed by atoms with Gasteiger partial charge in [0.15, 0.2) is 0 Å². The molecule has 2 atom stereocenters. The van der Waals surface area contributed by atoms with Gasteiger partial charge in [0.25, 0.3) is 0 Å². The van der Waals surface area contributed by atoms with Crippen LogP contribution in [0.15, 0.2) is 30.3 Å². The van der Waals surface area contributed by atoms with Crippen LogP contribution in [0.1, 0.15) is 25.3 Å². The van der Waals surface area contributed by atoms with Gasteiger partial charge in [0.05, 0.1) is 18.1 Å². The predicted molar refractivity (Wildman–Crippen MR) is 74.6 cm³/mol. The van der Waals surface area contributed by atoms with E-state index in [2.05, 4.69) is 10.6 Å². The molecule has 3 N–H and O–H groups in total. The van der Waals surface area contributed by atoms with Crippen LogP contribution in [-0.4, -0.2) is 30.7 Å². The number of carbonyl (C=O) groups excluding carboxylic acids is 1. The van der Waals surface area contributed by atoms with Crippen LogP contribution in [0.3, 0.4) is 0 Å². The smallest absolute Gasteiger partial charge is 0.225 e. The van der Waals surface area contributed by atoms with Crippen molar-refractivity contribution < 1.29 is 9.90 Å². The van der Waals surface area contributed by atoms with Gasteiger partial charge < -0.3 is 15.7 Å². The largest absolute Gasteiger partial charge is 0.394 e. The van der Waals surface area contributed by atoms with E-state index >= 15 is 0 Å². The first-order chi connectivity index (χ1) is 9.15. The van der Waals surface area contributed by atoms with Gasteiger partial charge in [0.1, 0.15) is 0 Å². The zero-order valence-corrected chi connectivity index (χ0v) is 11.4. The molecule has 1 aromatic carbocycles. The fourth-order valence-corrected chi connectivity index (χ4v) is 2.46. The number of piperidine rings is 1. The summed E-state index contributed by atoms with van der Waals surface area (Å²) in [6.45, 7) is 3.46. The number of hydrogen-bond donors (Lipinski definition) is 3. The summed E-state index contributed by atoms with van der Waals surface area (Å²) in [6, 6.07) is 9.61. The molecule has 19 heavy (non-hydrogen) atoms. The number of hydrogen-bond acceptors (Lipinski definition) is 3. The molecule has 0 aromatic heterocycles. The Labute approximate surface area is 114 Å². The Kier molecular flexibility index (Phi) is 4.56. The molecule has 2 rings (SSSR count). The van der Waals surface area contributed by atoms with Crippen LogP contribution < -0.4 is 10.6 Å². The van der Waals surface area contributed by atoms with Crippen molar-refractivity contribution in [2.45, 2.75) is 25.3 Å². The third-order valence-electron chi connectivity index (χ3n) is 3.79. The second-order valence-corrected chi connectivity index (χ2v) is 5.39. The van der Waals surface area contributed by atoms with Gasteiger partial charge in [0.2, 0.25) is 5.91 Å². The lowest BCUT2D eigenvalue weighted by Gasteiger charge is -2.32. The van der Waals surface area contributed by atoms with Crippen LogP contribution in [0.2, 0.25) is 0 Å². The molecule has 1 heterocycles. The van der Waals surface area contributed by atoms with Gasteiger partial charge in [0, 0.05) is 6.54 Å². The van der Waals surface area contributed by atoms with Crippen molar-refractivity contribution in [2.75, 3.05) is 19.7 Å². The molecule has 0 aliphatic carbocycles. The highest BCUT2D eigenvalue weighted by Gasteiger charge is 2.31. The Morgan fingerprint density at radius 3 is 2.79 bits per heavy atom. The van der Waals surface area contributed by atoms with Gasteiger partial charge in [-0.25, -0.2) is 0 Å². The summed E-state index contributed by atoms with van der Waals surface area (Å²) in [6.07, 6.45) is 1.94. The SMILES string of the molecule is CC(CO)(NC(=O)C1CCCNC1)c1ccccc1. The quantitative estimate of drug-likeness (QED) is 0.759. The summed E-state index contributed by atoms with van der Waals surface area (Å²) in [5.41, 5.74) is 0.213. The Bertz CT molecular complexity index is 415. The molecule has 1 saturated heterocycles. The summed E-state index contributed by atoms with van der Waals surface area (Å²) in [4.78, 5) is 12.3.